The highest BCUT2D eigenvalue weighted by Crippen LogP contribution is 2.36. The normalized spacial score (nSPS) is 16.4. The van der Waals surface area contributed by atoms with Crippen molar-refractivity contribution in [2.24, 2.45) is 0 Å². The van der Waals surface area contributed by atoms with Crippen molar-refractivity contribution in [1.82, 2.24) is 20.0 Å². The highest BCUT2D eigenvalue weighted by atomic mass is 35.5. The lowest BCUT2D eigenvalue weighted by Gasteiger charge is -2.22. The molecule has 0 bridgehead atoms. The van der Waals surface area contributed by atoms with Gasteiger partial charge in [-0.25, -0.2) is 4.98 Å². The van der Waals surface area contributed by atoms with E-state index in [1.807, 2.05) is 35.2 Å². The summed E-state index contributed by atoms with van der Waals surface area (Å²) in [5, 5.41) is 5.69. The molecule has 4 aromatic rings. The topological polar surface area (TPSA) is 72.1 Å². The fourth-order valence-corrected chi connectivity index (χ4v) is 5.03. The number of para-hydroxylation sites is 1. The van der Waals surface area contributed by atoms with E-state index in [9.17, 15) is 4.79 Å². The maximum Gasteiger partial charge on any atom is 0.227 e. The summed E-state index contributed by atoms with van der Waals surface area (Å²) in [4.78, 5) is 24.1. The fraction of sp³-hybridized carbons (Fsp3) is 0.273. The Kier molecular flexibility index (Phi) is 5.23. The Morgan fingerprint density at radius 2 is 2.00 bits per heavy atom. The van der Waals surface area contributed by atoms with E-state index in [1.165, 1.54) is 0 Å². The van der Waals surface area contributed by atoms with E-state index in [-0.39, 0.29) is 11.9 Å². The summed E-state index contributed by atoms with van der Waals surface area (Å²) >= 11 is 7.60. The van der Waals surface area contributed by atoms with Crippen LogP contribution >= 0.6 is 22.9 Å². The SMILES string of the molecule is O=C(CCc1nc(-c2ccc(Cl)cc2)no1)N1CCCC1c1nc2ccccc2s1. The maximum atomic E-state index is 12.9. The van der Waals surface area contributed by atoms with Gasteiger partial charge in [-0.15, -0.1) is 11.3 Å². The van der Waals surface area contributed by atoms with Gasteiger partial charge in [-0.1, -0.05) is 28.9 Å². The van der Waals surface area contributed by atoms with Gasteiger partial charge in [0.25, 0.3) is 0 Å². The average molecular weight is 439 g/mol. The lowest BCUT2D eigenvalue weighted by Crippen LogP contribution is -2.30. The highest BCUT2D eigenvalue weighted by Gasteiger charge is 2.32. The number of aromatic nitrogens is 3. The van der Waals surface area contributed by atoms with Gasteiger partial charge >= 0.3 is 0 Å². The van der Waals surface area contributed by atoms with Crippen molar-refractivity contribution in [1.29, 1.82) is 0 Å². The number of likely N-dealkylation sites (tertiary alicyclic amines) is 1. The summed E-state index contributed by atoms with van der Waals surface area (Å²) in [7, 11) is 0. The minimum Gasteiger partial charge on any atom is -0.339 e. The van der Waals surface area contributed by atoms with Gasteiger partial charge in [0.05, 0.1) is 16.3 Å². The van der Waals surface area contributed by atoms with Gasteiger partial charge in [0.2, 0.25) is 17.6 Å². The molecule has 1 unspecified atom stereocenters. The number of aryl methyl sites for hydroxylation is 1. The predicted octanol–water partition coefficient (Wildman–Crippen LogP) is 5.30. The van der Waals surface area contributed by atoms with Crippen LogP contribution in [0.25, 0.3) is 21.6 Å². The van der Waals surface area contributed by atoms with E-state index in [2.05, 4.69) is 16.2 Å². The maximum absolute atomic E-state index is 12.9. The molecule has 3 heterocycles. The van der Waals surface area contributed by atoms with Crippen LogP contribution in [0.15, 0.2) is 53.1 Å². The molecule has 1 aliphatic heterocycles. The minimum absolute atomic E-state index is 0.0576. The van der Waals surface area contributed by atoms with Crippen molar-refractivity contribution >= 4 is 39.1 Å². The molecule has 30 heavy (non-hydrogen) atoms. The molecule has 0 N–H and O–H groups in total. The number of rotatable bonds is 5. The van der Waals surface area contributed by atoms with Crippen LogP contribution in [0.5, 0.6) is 0 Å². The summed E-state index contributed by atoms with van der Waals surface area (Å²) < 4.78 is 6.50. The molecule has 1 atom stereocenters. The molecule has 1 aliphatic rings. The van der Waals surface area contributed by atoms with Crippen LogP contribution in [-0.2, 0) is 11.2 Å². The number of nitrogens with zero attached hydrogens (tertiary/aromatic N) is 4. The van der Waals surface area contributed by atoms with Gasteiger partial charge in [-0.3, -0.25) is 4.79 Å². The van der Waals surface area contributed by atoms with Gasteiger partial charge in [-0.2, -0.15) is 4.98 Å². The number of halogens is 1. The lowest BCUT2D eigenvalue weighted by atomic mass is 10.2. The Morgan fingerprint density at radius 1 is 1.17 bits per heavy atom. The van der Waals surface area contributed by atoms with E-state index in [0.717, 1.165) is 40.2 Å². The Balaban J connectivity index is 1.25. The second-order valence-electron chi connectivity index (χ2n) is 7.28. The molecule has 2 aromatic carbocycles. The van der Waals surface area contributed by atoms with E-state index >= 15 is 0 Å². The van der Waals surface area contributed by atoms with Crippen molar-refractivity contribution in [2.45, 2.75) is 31.7 Å². The molecule has 2 aromatic heterocycles. The number of benzene rings is 2. The van der Waals surface area contributed by atoms with Crippen LogP contribution in [0.2, 0.25) is 5.02 Å². The van der Waals surface area contributed by atoms with Crippen LogP contribution in [0.4, 0.5) is 0 Å². The Morgan fingerprint density at radius 3 is 2.83 bits per heavy atom. The second kappa shape index (κ2) is 8.16. The first-order valence-electron chi connectivity index (χ1n) is 9.91. The fourth-order valence-electron chi connectivity index (χ4n) is 3.78. The van der Waals surface area contributed by atoms with Gasteiger partial charge in [0.1, 0.15) is 5.01 Å². The Hall–Kier alpha value is -2.77. The molecular formula is C22H19ClN4O2S. The molecule has 0 saturated carbocycles. The number of carbonyl (C=O) groups excluding carboxylic acids is 1. The quantitative estimate of drug-likeness (QED) is 0.423. The molecule has 1 fully saturated rings. The van der Waals surface area contributed by atoms with Crippen LogP contribution < -0.4 is 0 Å². The summed E-state index contributed by atoms with van der Waals surface area (Å²) in [5.41, 5.74) is 1.83. The summed E-state index contributed by atoms with van der Waals surface area (Å²) in [6.45, 7) is 0.763. The molecule has 0 radical (unpaired) electrons. The summed E-state index contributed by atoms with van der Waals surface area (Å²) in [6.07, 6.45) is 2.70. The van der Waals surface area contributed by atoms with Gasteiger partial charge < -0.3 is 9.42 Å². The Labute approximate surface area is 182 Å². The van der Waals surface area contributed by atoms with Crippen LogP contribution in [0.1, 0.15) is 36.2 Å². The zero-order valence-corrected chi connectivity index (χ0v) is 17.7. The average Bonchev–Trinajstić information content (AvgIpc) is 3.51. The van der Waals surface area contributed by atoms with Crippen molar-refractivity contribution in [3.05, 3.63) is 64.5 Å². The molecule has 1 saturated heterocycles. The third kappa shape index (κ3) is 3.82. The predicted molar refractivity (Wildman–Crippen MR) is 116 cm³/mol. The van der Waals surface area contributed by atoms with Crippen molar-refractivity contribution in [2.75, 3.05) is 6.54 Å². The van der Waals surface area contributed by atoms with E-state index < -0.39 is 0 Å². The van der Waals surface area contributed by atoms with E-state index in [0.29, 0.717) is 29.6 Å². The molecular weight excluding hydrogens is 420 g/mol. The van der Waals surface area contributed by atoms with Crippen molar-refractivity contribution < 1.29 is 9.32 Å². The van der Waals surface area contributed by atoms with E-state index in [4.69, 9.17) is 21.1 Å². The zero-order chi connectivity index (χ0) is 20.5. The number of thiazole rings is 1. The number of carbonyl (C=O) groups is 1. The van der Waals surface area contributed by atoms with Crippen LogP contribution in [0.3, 0.4) is 0 Å². The van der Waals surface area contributed by atoms with Crippen molar-refractivity contribution in [3.8, 4) is 11.4 Å². The van der Waals surface area contributed by atoms with Gasteiger partial charge in [0, 0.05) is 30.0 Å². The van der Waals surface area contributed by atoms with Gasteiger partial charge in [-0.05, 0) is 49.2 Å². The summed E-state index contributed by atoms with van der Waals surface area (Å²) in [5.74, 6) is 1.06. The number of hydrogen-bond donors (Lipinski definition) is 0. The molecule has 8 heteroatoms. The highest BCUT2D eigenvalue weighted by molar-refractivity contribution is 7.18. The van der Waals surface area contributed by atoms with Crippen LogP contribution in [0, 0.1) is 0 Å². The number of fused-ring (bicyclic) bond motifs is 1. The zero-order valence-electron chi connectivity index (χ0n) is 16.1. The first-order valence-corrected chi connectivity index (χ1v) is 11.1. The second-order valence-corrected chi connectivity index (χ2v) is 8.78. The third-order valence-electron chi connectivity index (χ3n) is 5.29. The first kappa shape index (κ1) is 19.2. The lowest BCUT2D eigenvalue weighted by molar-refractivity contribution is -0.132. The molecule has 6 nitrogen and oxygen atoms in total. The Bertz CT molecular complexity index is 1150. The largest absolute Gasteiger partial charge is 0.339 e. The molecule has 1 amide bonds. The smallest absolute Gasteiger partial charge is 0.227 e. The summed E-state index contributed by atoms with van der Waals surface area (Å²) in [6, 6.07) is 15.4. The molecule has 0 spiro atoms. The monoisotopic (exact) mass is 438 g/mol. The molecule has 152 valence electrons. The minimum atomic E-state index is 0.0576. The standard InChI is InChI=1S/C22H19ClN4O2S/c23-15-9-7-14(8-10-15)21-25-19(29-26-21)11-12-20(28)27-13-3-5-17(27)22-24-16-4-1-2-6-18(16)30-22/h1-2,4,6-10,17H,3,5,11-13H2. The molecule has 5 rings (SSSR count). The van der Waals surface area contributed by atoms with Crippen molar-refractivity contribution in [3.63, 3.8) is 0 Å². The van der Waals surface area contributed by atoms with Crippen LogP contribution in [-0.4, -0.2) is 32.5 Å². The number of hydrogen-bond acceptors (Lipinski definition) is 6. The molecule has 0 aliphatic carbocycles. The van der Waals surface area contributed by atoms with E-state index in [1.54, 1.807) is 23.5 Å². The van der Waals surface area contributed by atoms with Gasteiger partial charge in [0.15, 0.2) is 0 Å². The number of amides is 1. The first-order chi connectivity index (χ1) is 14.7. The third-order valence-corrected chi connectivity index (χ3v) is 6.68.